The number of carboxylic acids is 1. The number of carbonyl (C=O) groups is 2. The maximum absolute atomic E-state index is 12.2. The van der Waals surface area contributed by atoms with Crippen molar-refractivity contribution in [1.82, 2.24) is 5.32 Å². The van der Waals surface area contributed by atoms with E-state index in [4.69, 9.17) is 5.11 Å². The van der Waals surface area contributed by atoms with Gasteiger partial charge in [0.25, 0.3) is 5.91 Å². The summed E-state index contributed by atoms with van der Waals surface area (Å²) in [5.74, 6) is -1.08. The number of nitrogens with one attached hydrogen (secondary N) is 1. The maximum Gasteiger partial charge on any atom is 0.328 e. The first-order valence-corrected chi connectivity index (χ1v) is 7.61. The summed E-state index contributed by atoms with van der Waals surface area (Å²) in [6.07, 6.45) is 5.24. The van der Waals surface area contributed by atoms with Gasteiger partial charge in [-0.1, -0.05) is 20.8 Å². The molecule has 0 aromatic carbocycles. The molecule has 0 atom stereocenters. The van der Waals surface area contributed by atoms with Gasteiger partial charge in [-0.25, -0.2) is 4.79 Å². The number of carbonyl (C=O) groups excluding carboxylic acids is 1. The van der Waals surface area contributed by atoms with Gasteiger partial charge in [-0.2, -0.15) is 0 Å². The average Bonchev–Trinajstić information content (AvgIpc) is 2.91. The van der Waals surface area contributed by atoms with Gasteiger partial charge < -0.3 is 10.4 Å². The minimum absolute atomic E-state index is 0.0875. The highest BCUT2D eigenvalue weighted by molar-refractivity contribution is 7.14. The zero-order chi connectivity index (χ0) is 15.2. The van der Waals surface area contributed by atoms with Gasteiger partial charge in [-0.05, 0) is 37.5 Å². The van der Waals surface area contributed by atoms with Crippen LogP contribution in [0, 0.1) is 0 Å². The van der Waals surface area contributed by atoms with E-state index in [0.29, 0.717) is 4.88 Å². The highest BCUT2D eigenvalue weighted by atomic mass is 32.1. The summed E-state index contributed by atoms with van der Waals surface area (Å²) in [7, 11) is 0. The third kappa shape index (κ3) is 4.20. The van der Waals surface area contributed by atoms with Crippen LogP contribution in [0.3, 0.4) is 0 Å². The van der Waals surface area contributed by atoms with Crippen molar-refractivity contribution in [2.45, 2.75) is 45.6 Å². The summed E-state index contributed by atoms with van der Waals surface area (Å²) < 4.78 is 0. The standard InChI is InChI=1S/C15H21NO3S/c1-4-15(5-2,6-3)16-14(19)12-9-7-11(20-12)8-10-13(17)18/h7-10H,4-6H2,1-3H3,(H,16,19)(H,17,18). The molecule has 4 nitrogen and oxygen atoms in total. The molecule has 0 spiro atoms. The van der Waals surface area contributed by atoms with E-state index in [9.17, 15) is 9.59 Å². The first kappa shape index (κ1) is 16.4. The van der Waals surface area contributed by atoms with Crippen LogP contribution >= 0.6 is 11.3 Å². The number of aliphatic carboxylic acids is 1. The number of amides is 1. The molecule has 1 amide bonds. The molecule has 0 saturated heterocycles. The molecule has 0 aliphatic carbocycles. The molecule has 2 N–H and O–H groups in total. The molecule has 0 aliphatic heterocycles. The second-order valence-electron chi connectivity index (χ2n) is 4.67. The van der Waals surface area contributed by atoms with E-state index in [1.807, 2.05) is 0 Å². The monoisotopic (exact) mass is 295 g/mol. The van der Waals surface area contributed by atoms with Gasteiger partial charge in [-0.15, -0.1) is 11.3 Å². The second-order valence-corrected chi connectivity index (χ2v) is 5.78. The fraction of sp³-hybridized carbons (Fsp3) is 0.467. The highest BCUT2D eigenvalue weighted by Crippen LogP contribution is 2.23. The topological polar surface area (TPSA) is 66.4 Å². The van der Waals surface area contributed by atoms with Crippen LogP contribution in [0.1, 0.15) is 54.6 Å². The quantitative estimate of drug-likeness (QED) is 0.756. The summed E-state index contributed by atoms with van der Waals surface area (Å²) in [5, 5.41) is 11.7. The van der Waals surface area contributed by atoms with Gasteiger partial charge in [0.2, 0.25) is 0 Å². The molecule has 1 aromatic rings. The van der Waals surface area contributed by atoms with Crippen LogP contribution in [0.4, 0.5) is 0 Å². The number of hydrogen-bond donors (Lipinski definition) is 2. The van der Waals surface area contributed by atoms with Crippen LogP contribution in [0.2, 0.25) is 0 Å². The van der Waals surface area contributed by atoms with Crippen LogP contribution in [-0.4, -0.2) is 22.5 Å². The van der Waals surface area contributed by atoms with Crippen molar-refractivity contribution in [3.63, 3.8) is 0 Å². The molecule has 20 heavy (non-hydrogen) atoms. The zero-order valence-corrected chi connectivity index (χ0v) is 12.9. The molecular formula is C15H21NO3S. The third-order valence-corrected chi connectivity index (χ3v) is 4.70. The summed E-state index contributed by atoms with van der Waals surface area (Å²) >= 11 is 1.29. The SMILES string of the molecule is CCC(CC)(CC)NC(=O)c1ccc(C=CC(=O)O)s1. The lowest BCUT2D eigenvalue weighted by atomic mass is 9.90. The van der Waals surface area contributed by atoms with Gasteiger partial charge in [0.15, 0.2) is 0 Å². The Balaban J connectivity index is 2.80. The van der Waals surface area contributed by atoms with E-state index in [1.54, 1.807) is 12.1 Å². The van der Waals surface area contributed by atoms with Crippen molar-refractivity contribution in [3.8, 4) is 0 Å². The van der Waals surface area contributed by atoms with Crippen LogP contribution in [0.15, 0.2) is 18.2 Å². The van der Waals surface area contributed by atoms with Crippen LogP contribution in [0.25, 0.3) is 6.08 Å². The fourth-order valence-corrected chi connectivity index (χ4v) is 2.84. The third-order valence-electron chi connectivity index (χ3n) is 3.65. The number of rotatable bonds is 7. The van der Waals surface area contributed by atoms with Crippen LogP contribution < -0.4 is 5.32 Å². The van der Waals surface area contributed by atoms with E-state index in [0.717, 1.165) is 30.2 Å². The lowest BCUT2D eigenvalue weighted by Gasteiger charge is -2.31. The maximum atomic E-state index is 12.2. The summed E-state index contributed by atoms with van der Waals surface area (Å²) in [6.45, 7) is 6.22. The van der Waals surface area contributed by atoms with Gasteiger partial charge in [0, 0.05) is 16.5 Å². The lowest BCUT2D eigenvalue weighted by Crippen LogP contribution is -2.46. The predicted octanol–water partition coefficient (Wildman–Crippen LogP) is 3.54. The van der Waals surface area contributed by atoms with Crippen molar-refractivity contribution in [2.75, 3.05) is 0 Å². The molecule has 1 heterocycles. The summed E-state index contributed by atoms with van der Waals surface area (Å²) in [4.78, 5) is 24.1. The van der Waals surface area contributed by atoms with E-state index in [-0.39, 0.29) is 11.4 Å². The lowest BCUT2D eigenvalue weighted by molar-refractivity contribution is -0.131. The van der Waals surface area contributed by atoms with Gasteiger partial charge in [-0.3, -0.25) is 4.79 Å². The minimum atomic E-state index is -0.994. The Morgan fingerprint density at radius 3 is 2.35 bits per heavy atom. The Morgan fingerprint density at radius 2 is 1.85 bits per heavy atom. The summed E-state index contributed by atoms with van der Waals surface area (Å²) in [6, 6.07) is 3.48. The Labute approximate surface area is 123 Å². The molecule has 1 rings (SSSR count). The first-order chi connectivity index (χ1) is 9.46. The Hall–Kier alpha value is -1.62. The molecule has 0 bridgehead atoms. The van der Waals surface area contributed by atoms with Gasteiger partial charge >= 0.3 is 5.97 Å². The fourth-order valence-electron chi connectivity index (χ4n) is 2.04. The molecule has 110 valence electrons. The van der Waals surface area contributed by atoms with Gasteiger partial charge in [0.05, 0.1) is 4.88 Å². The molecule has 0 radical (unpaired) electrons. The smallest absolute Gasteiger partial charge is 0.328 e. The molecule has 0 fully saturated rings. The first-order valence-electron chi connectivity index (χ1n) is 6.79. The number of hydrogen-bond acceptors (Lipinski definition) is 3. The van der Waals surface area contributed by atoms with E-state index < -0.39 is 5.97 Å². The van der Waals surface area contributed by atoms with E-state index in [1.165, 1.54) is 17.4 Å². The second kappa shape index (κ2) is 7.24. The zero-order valence-electron chi connectivity index (χ0n) is 12.1. The van der Waals surface area contributed by atoms with Crippen LogP contribution in [-0.2, 0) is 4.79 Å². The Bertz CT molecular complexity index is 493. The largest absolute Gasteiger partial charge is 0.478 e. The molecule has 0 unspecified atom stereocenters. The van der Waals surface area contributed by atoms with E-state index >= 15 is 0 Å². The molecule has 5 heteroatoms. The molecule has 0 aliphatic rings. The Morgan fingerprint density at radius 1 is 1.25 bits per heavy atom. The van der Waals surface area contributed by atoms with Crippen molar-refractivity contribution in [2.24, 2.45) is 0 Å². The van der Waals surface area contributed by atoms with Crippen LogP contribution in [0.5, 0.6) is 0 Å². The Kier molecular flexibility index (Phi) is 5.95. The van der Waals surface area contributed by atoms with Crippen molar-refractivity contribution in [3.05, 3.63) is 28.0 Å². The van der Waals surface area contributed by atoms with Crippen molar-refractivity contribution in [1.29, 1.82) is 0 Å². The number of thiophene rings is 1. The average molecular weight is 295 g/mol. The normalized spacial score (nSPS) is 11.8. The molecular weight excluding hydrogens is 274 g/mol. The highest BCUT2D eigenvalue weighted by Gasteiger charge is 2.26. The van der Waals surface area contributed by atoms with E-state index in [2.05, 4.69) is 26.1 Å². The predicted molar refractivity (Wildman–Crippen MR) is 82.1 cm³/mol. The number of carboxylic acid groups (broad SMARTS) is 1. The van der Waals surface area contributed by atoms with Crippen molar-refractivity contribution >= 4 is 29.3 Å². The van der Waals surface area contributed by atoms with Gasteiger partial charge in [0.1, 0.15) is 0 Å². The molecule has 1 aromatic heterocycles. The molecule has 0 saturated carbocycles. The van der Waals surface area contributed by atoms with Crippen molar-refractivity contribution < 1.29 is 14.7 Å². The minimum Gasteiger partial charge on any atom is -0.478 e. The summed E-state index contributed by atoms with van der Waals surface area (Å²) in [5.41, 5.74) is -0.155.